The molecule has 0 bridgehead atoms. The number of imidazole rings is 1. The highest BCUT2D eigenvalue weighted by Gasteiger charge is 2.21. The van der Waals surface area contributed by atoms with Crippen molar-refractivity contribution in [2.75, 3.05) is 32.7 Å². The molecule has 1 aliphatic heterocycles. The average Bonchev–Trinajstić information content (AvgIpc) is 3.22. The van der Waals surface area contributed by atoms with Crippen molar-refractivity contribution in [1.29, 1.82) is 0 Å². The summed E-state index contributed by atoms with van der Waals surface area (Å²) >= 11 is 0. The number of furan rings is 1. The molecule has 1 aliphatic rings. The molecule has 2 aromatic heterocycles. The van der Waals surface area contributed by atoms with Gasteiger partial charge in [0.05, 0.1) is 25.4 Å². The molecule has 7 nitrogen and oxygen atoms in total. The van der Waals surface area contributed by atoms with Crippen molar-refractivity contribution in [3.63, 3.8) is 0 Å². The molecule has 7 heteroatoms. The van der Waals surface area contributed by atoms with Gasteiger partial charge in [0, 0.05) is 45.6 Å². The maximum atomic E-state index is 12.2. The first-order chi connectivity index (χ1) is 11.6. The van der Waals surface area contributed by atoms with Gasteiger partial charge in [0.25, 0.3) is 0 Å². The molecular formula is C17H25N5O2. The zero-order valence-corrected chi connectivity index (χ0v) is 14.3. The van der Waals surface area contributed by atoms with Crippen LogP contribution in [0.4, 0.5) is 0 Å². The molecule has 0 aliphatic carbocycles. The van der Waals surface area contributed by atoms with Crippen LogP contribution in [0.25, 0.3) is 0 Å². The van der Waals surface area contributed by atoms with Crippen LogP contribution in [0, 0.1) is 0 Å². The fourth-order valence-electron chi connectivity index (χ4n) is 2.95. The Hall–Kier alpha value is -2.12. The Morgan fingerprint density at radius 2 is 2.08 bits per heavy atom. The Bertz CT molecular complexity index is 644. The third-order valence-corrected chi connectivity index (χ3v) is 4.47. The number of rotatable bonds is 6. The number of aromatic nitrogens is 2. The van der Waals surface area contributed by atoms with E-state index in [1.165, 1.54) is 0 Å². The van der Waals surface area contributed by atoms with E-state index in [1.807, 2.05) is 38.5 Å². The van der Waals surface area contributed by atoms with Crippen LogP contribution >= 0.6 is 0 Å². The molecule has 3 rings (SSSR count). The number of carbonyl (C=O) groups excluding carboxylic acids is 1. The standard InChI is InChI=1S/C17H25N5O2/c1-14(15-4-3-11-24-15)19-17(23)13-22-9-7-21(8-10-22)12-16-18-5-6-20(16)2/h3-6,11,14H,7-10,12-13H2,1-2H3,(H,19,23)/t14-/m0/s1. The molecule has 2 aromatic rings. The van der Waals surface area contributed by atoms with Gasteiger partial charge in [0.15, 0.2) is 0 Å². The predicted molar refractivity (Wildman–Crippen MR) is 90.2 cm³/mol. The summed E-state index contributed by atoms with van der Waals surface area (Å²) in [6.07, 6.45) is 5.42. The van der Waals surface area contributed by atoms with E-state index >= 15 is 0 Å². The van der Waals surface area contributed by atoms with Crippen molar-refractivity contribution in [1.82, 2.24) is 24.7 Å². The number of amides is 1. The number of aryl methyl sites for hydroxylation is 1. The van der Waals surface area contributed by atoms with Gasteiger partial charge >= 0.3 is 0 Å². The molecular weight excluding hydrogens is 306 g/mol. The van der Waals surface area contributed by atoms with E-state index in [9.17, 15) is 4.79 Å². The van der Waals surface area contributed by atoms with Gasteiger partial charge in [-0.3, -0.25) is 14.6 Å². The maximum Gasteiger partial charge on any atom is 0.234 e. The molecule has 0 saturated carbocycles. The highest BCUT2D eigenvalue weighted by Crippen LogP contribution is 2.12. The summed E-state index contributed by atoms with van der Waals surface area (Å²) in [6.45, 7) is 6.92. The second kappa shape index (κ2) is 7.63. The van der Waals surface area contributed by atoms with E-state index in [0.29, 0.717) is 6.54 Å². The number of hydrogen-bond acceptors (Lipinski definition) is 5. The molecule has 3 heterocycles. The van der Waals surface area contributed by atoms with Gasteiger partial charge < -0.3 is 14.3 Å². The second-order valence-corrected chi connectivity index (χ2v) is 6.31. The number of carbonyl (C=O) groups is 1. The SMILES string of the molecule is C[C@H](NC(=O)CN1CCN(Cc2nccn2C)CC1)c1ccco1. The summed E-state index contributed by atoms with van der Waals surface area (Å²) < 4.78 is 7.37. The number of nitrogens with one attached hydrogen (secondary N) is 1. The zero-order valence-electron chi connectivity index (χ0n) is 14.3. The lowest BCUT2D eigenvalue weighted by Crippen LogP contribution is -2.49. The molecule has 0 radical (unpaired) electrons. The first kappa shape index (κ1) is 16.7. The van der Waals surface area contributed by atoms with Crippen LogP contribution in [0.1, 0.15) is 24.6 Å². The molecule has 24 heavy (non-hydrogen) atoms. The molecule has 1 atom stereocenters. The van der Waals surface area contributed by atoms with E-state index in [2.05, 4.69) is 24.7 Å². The minimum atomic E-state index is -0.0998. The van der Waals surface area contributed by atoms with Crippen molar-refractivity contribution in [3.05, 3.63) is 42.4 Å². The smallest absolute Gasteiger partial charge is 0.234 e. The monoisotopic (exact) mass is 331 g/mol. The van der Waals surface area contributed by atoms with Crippen LogP contribution in [0.5, 0.6) is 0 Å². The van der Waals surface area contributed by atoms with E-state index in [0.717, 1.165) is 44.3 Å². The summed E-state index contributed by atoms with van der Waals surface area (Å²) in [4.78, 5) is 21.1. The van der Waals surface area contributed by atoms with Crippen LogP contribution in [0.2, 0.25) is 0 Å². The van der Waals surface area contributed by atoms with Crippen LogP contribution in [-0.2, 0) is 18.4 Å². The lowest BCUT2D eigenvalue weighted by molar-refractivity contribution is -0.123. The van der Waals surface area contributed by atoms with Gasteiger partial charge in [0.1, 0.15) is 11.6 Å². The van der Waals surface area contributed by atoms with Gasteiger partial charge in [0.2, 0.25) is 5.91 Å². The van der Waals surface area contributed by atoms with Gasteiger partial charge in [-0.2, -0.15) is 0 Å². The molecule has 1 saturated heterocycles. The molecule has 0 spiro atoms. The maximum absolute atomic E-state index is 12.2. The molecule has 1 fully saturated rings. The van der Waals surface area contributed by atoms with Crippen molar-refractivity contribution in [2.24, 2.45) is 7.05 Å². The van der Waals surface area contributed by atoms with Crippen LogP contribution in [-0.4, -0.2) is 58.0 Å². The summed E-state index contributed by atoms with van der Waals surface area (Å²) in [5.41, 5.74) is 0. The summed E-state index contributed by atoms with van der Waals surface area (Å²) in [5.74, 6) is 1.90. The third-order valence-electron chi connectivity index (χ3n) is 4.47. The average molecular weight is 331 g/mol. The minimum absolute atomic E-state index is 0.0384. The van der Waals surface area contributed by atoms with E-state index in [-0.39, 0.29) is 11.9 Å². The molecule has 1 amide bonds. The van der Waals surface area contributed by atoms with Crippen molar-refractivity contribution in [3.8, 4) is 0 Å². The van der Waals surface area contributed by atoms with Crippen molar-refractivity contribution in [2.45, 2.75) is 19.5 Å². The largest absolute Gasteiger partial charge is 0.467 e. The topological polar surface area (TPSA) is 66.5 Å². The number of piperazine rings is 1. The van der Waals surface area contributed by atoms with Crippen LogP contribution in [0.15, 0.2) is 35.2 Å². The first-order valence-electron chi connectivity index (χ1n) is 8.35. The molecule has 0 unspecified atom stereocenters. The van der Waals surface area contributed by atoms with Crippen molar-refractivity contribution >= 4 is 5.91 Å². The fourth-order valence-corrected chi connectivity index (χ4v) is 2.95. The van der Waals surface area contributed by atoms with Gasteiger partial charge in [-0.15, -0.1) is 0 Å². The minimum Gasteiger partial charge on any atom is -0.467 e. The first-order valence-corrected chi connectivity index (χ1v) is 8.35. The lowest BCUT2D eigenvalue weighted by atomic mass is 10.2. The van der Waals surface area contributed by atoms with Gasteiger partial charge in [-0.05, 0) is 19.1 Å². The van der Waals surface area contributed by atoms with E-state index < -0.39 is 0 Å². The summed E-state index contributed by atoms with van der Waals surface area (Å²) in [7, 11) is 2.02. The fraction of sp³-hybridized carbons (Fsp3) is 0.529. The Morgan fingerprint density at radius 1 is 1.33 bits per heavy atom. The van der Waals surface area contributed by atoms with E-state index in [4.69, 9.17) is 4.42 Å². The number of hydrogen-bond donors (Lipinski definition) is 1. The lowest BCUT2D eigenvalue weighted by Gasteiger charge is -2.34. The third kappa shape index (κ3) is 4.24. The quantitative estimate of drug-likeness (QED) is 0.856. The highest BCUT2D eigenvalue weighted by molar-refractivity contribution is 5.78. The Balaban J connectivity index is 1.40. The van der Waals surface area contributed by atoms with Crippen LogP contribution in [0.3, 0.4) is 0 Å². The number of nitrogens with zero attached hydrogens (tertiary/aromatic N) is 4. The van der Waals surface area contributed by atoms with Gasteiger partial charge in [-0.1, -0.05) is 0 Å². The molecule has 130 valence electrons. The predicted octanol–water partition coefficient (Wildman–Crippen LogP) is 1.01. The highest BCUT2D eigenvalue weighted by atomic mass is 16.3. The molecule has 0 aromatic carbocycles. The summed E-state index contributed by atoms with van der Waals surface area (Å²) in [6, 6.07) is 3.61. The second-order valence-electron chi connectivity index (χ2n) is 6.31. The summed E-state index contributed by atoms with van der Waals surface area (Å²) in [5, 5.41) is 2.98. The Kier molecular flexibility index (Phi) is 5.32. The Labute approximate surface area is 142 Å². The van der Waals surface area contributed by atoms with Gasteiger partial charge in [-0.25, -0.2) is 4.98 Å². The van der Waals surface area contributed by atoms with Crippen molar-refractivity contribution < 1.29 is 9.21 Å². The zero-order chi connectivity index (χ0) is 16.9. The normalized spacial score (nSPS) is 17.8. The van der Waals surface area contributed by atoms with Crippen LogP contribution < -0.4 is 5.32 Å². The van der Waals surface area contributed by atoms with E-state index in [1.54, 1.807) is 6.26 Å². The molecule has 1 N–H and O–H groups in total. The Morgan fingerprint density at radius 3 is 2.71 bits per heavy atom.